The summed E-state index contributed by atoms with van der Waals surface area (Å²) in [5.41, 5.74) is 0.0995. The number of H-pyrrole nitrogens is 1. The fourth-order valence-electron chi connectivity index (χ4n) is 0.770. The lowest BCUT2D eigenvalue weighted by atomic mass is 10.7. The van der Waals surface area contributed by atoms with Crippen molar-refractivity contribution in [1.82, 2.24) is 19.6 Å². The second kappa shape index (κ2) is 1.66. The Labute approximate surface area is 55.3 Å². The molecule has 5 nitrogen and oxygen atoms in total. The van der Waals surface area contributed by atoms with E-state index in [4.69, 9.17) is 0 Å². The Bertz CT molecular complexity index is 401. The van der Waals surface area contributed by atoms with Crippen molar-refractivity contribution in [1.29, 1.82) is 0 Å². The quantitative estimate of drug-likeness (QED) is 0.526. The smallest absolute Gasteiger partial charge is 0.293 e. The van der Waals surface area contributed by atoms with Crippen LogP contribution in [0.25, 0.3) is 5.65 Å². The minimum absolute atomic E-state index is 0.222. The molecule has 0 saturated carbocycles. The van der Waals surface area contributed by atoms with Crippen LogP contribution in [0, 0.1) is 0 Å². The number of rotatable bonds is 0. The van der Waals surface area contributed by atoms with E-state index in [0.717, 1.165) is 0 Å². The van der Waals surface area contributed by atoms with E-state index in [1.54, 1.807) is 6.20 Å². The summed E-state index contributed by atoms with van der Waals surface area (Å²) in [6, 6.07) is 0. The van der Waals surface area contributed by atoms with Gasteiger partial charge in [-0.1, -0.05) is 0 Å². The molecule has 0 aliphatic carbocycles. The van der Waals surface area contributed by atoms with E-state index in [1.165, 1.54) is 17.0 Å². The Kier molecular flexibility index (Phi) is 0.858. The van der Waals surface area contributed by atoms with Crippen molar-refractivity contribution < 1.29 is 0 Å². The minimum Gasteiger partial charge on any atom is -0.324 e. The summed E-state index contributed by atoms with van der Waals surface area (Å²) >= 11 is 0. The maximum atomic E-state index is 10.9. The molecule has 10 heavy (non-hydrogen) atoms. The molecule has 0 amide bonds. The average molecular weight is 136 g/mol. The highest BCUT2D eigenvalue weighted by Gasteiger charge is 1.95. The Balaban J connectivity index is 3.09. The lowest BCUT2D eigenvalue weighted by molar-refractivity contribution is 0.936. The molecule has 5 heteroatoms. The molecule has 2 rings (SSSR count). The predicted octanol–water partition coefficient (Wildman–Crippen LogP) is -0.582. The van der Waals surface area contributed by atoms with E-state index in [0.29, 0.717) is 5.65 Å². The van der Waals surface area contributed by atoms with Gasteiger partial charge >= 0.3 is 0 Å². The molecule has 2 aromatic rings. The van der Waals surface area contributed by atoms with Gasteiger partial charge in [-0.3, -0.25) is 4.79 Å². The normalized spacial score (nSPS) is 10.4. The Morgan fingerprint density at radius 3 is 3.30 bits per heavy atom. The molecule has 0 spiro atoms. The molecular weight excluding hydrogens is 132 g/mol. The maximum Gasteiger partial charge on any atom is 0.293 e. The highest BCUT2D eigenvalue weighted by molar-refractivity contribution is 5.30. The number of hydrogen-bond acceptors (Lipinski definition) is 3. The minimum atomic E-state index is -0.222. The van der Waals surface area contributed by atoms with Crippen molar-refractivity contribution in [2.24, 2.45) is 0 Å². The highest BCUT2D eigenvalue weighted by Crippen LogP contribution is 1.83. The van der Waals surface area contributed by atoms with Crippen molar-refractivity contribution in [3.05, 3.63) is 29.1 Å². The molecule has 2 heterocycles. The fraction of sp³-hybridized carbons (Fsp3) is 0. The van der Waals surface area contributed by atoms with E-state index < -0.39 is 0 Å². The van der Waals surface area contributed by atoms with Gasteiger partial charge in [0.1, 0.15) is 6.33 Å². The number of nitrogens with zero attached hydrogens (tertiary/aromatic N) is 3. The Morgan fingerprint density at radius 2 is 2.50 bits per heavy atom. The first-order valence-corrected chi connectivity index (χ1v) is 2.75. The largest absolute Gasteiger partial charge is 0.324 e. The van der Waals surface area contributed by atoms with Crippen LogP contribution < -0.4 is 5.56 Å². The SMILES string of the molecule is O=c1[nH]ccn2ncnc12. The molecule has 0 fully saturated rings. The van der Waals surface area contributed by atoms with Gasteiger partial charge in [0.15, 0.2) is 0 Å². The van der Waals surface area contributed by atoms with Crippen LogP contribution >= 0.6 is 0 Å². The number of nitrogens with one attached hydrogen (secondary N) is 1. The molecule has 50 valence electrons. The molecule has 0 atom stereocenters. The zero-order chi connectivity index (χ0) is 6.97. The van der Waals surface area contributed by atoms with Crippen LogP contribution in [0.2, 0.25) is 0 Å². The first-order valence-electron chi connectivity index (χ1n) is 2.75. The standard InChI is InChI=1S/C5H4N4O/c10-5-4-7-3-8-9(4)2-1-6-5/h1-3H,(H,6,10). The second-order valence-corrected chi connectivity index (χ2v) is 1.82. The summed E-state index contributed by atoms with van der Waals surface area (Å²) in [4.78, 5) is 17.1. The summed E-state index contributed by atoms with van der Waals surface area (Å²) in [7, 11) is 0. The molecule has 1 N–H and O–H groups in total. The van der Waals surface area contributed by atoms with E-state index in [1.807, 2.05) is 0 Å². The van der Waals surface area contributed by atoms with Crippen LogP contribution in [-0.4, -0.2) is 19.6 Å². The van der Waals surface area contributed by atoms with Crippen LogP contribution in [-0.2, 0) is 0 Å². The van der Waals surface area contributed by atoms with E-state index >= 15 is 0 Å². The maximum absolute atomic E-state index is 10.9. The summed E-state index contributed by atoms with van der Waals surface area (Å²) in [6.45, 7) is 0. The summed E-state index contributed by atoms with van der Waals surface area (Å²) in [6.07, 6.45) is 4.48. The third-order valence-corrected chi connectivity index (χ3v) is 1.21. The summed E-state index contributed by atoms with van der Waals surface area (Å²) in [5, 5.41) is 3.77. The van der Waals surface area contributed by atoms with E-state index in [-0.39, 0.29) is 5.56 Å². The van der Waals surface area contributed by atoms with E-state index in [2.05, 4.69) is 15.1 Å². The van der Waals surface area contributed by atoms with Gasteiger partial charge in [-0.05, 0) is 0 Å². The number of aromatic amines is 1. The molecule has 0 aliphatic rings. The van der Waals surface area contributed by atoms with Crippen LogP contribution in [0.1, 0.15) is 0 Å². The van der Waals surface area contributed by atoms with Gasteiger partial charge in [0.25, 0.3) is 5.56 Å². The van der Waals surface area contributed by atoms with Gasteiger partial charge in [0.05, 0.1) is 0 Å². The molecule has 0 saturated heterocycles. The first-order chi connectivity index (χ1) is 4.88. The summed E-state index contributed by atoms with van der Waals surface area (Å²) < 4.78 is 1.42. The van der Waals surface area contributed by atoms with Crippen LogP contribution in [0.15, 0.2) is 23.5 Å². The molecular formula is C5H4N4O. The van der Waals surface area contributed by atoms with E-state index in [9.17, 15) is 4.79 Å². The van der Waals surface area contributed by atoms with Gasteiger partial charge in [-0.15, -0.1) is 0 Å². The van der Waals surface area contributed by atoms with Crippen molar-refractivity contribution in [2.45, 2.75) is 0 Å². The molecule has 0 aromatic carbocycles. The number of aromatic nitrogens is 4. The van der Waals surface area contributed by atoms with Crippen LogP contribution in [0.4, 0.5) is 0 Å². The average Bonchev–Trinajstić information content (AvgIpc) is 2.36. The molecule has 0 bridgehead atoms. The van der Waals surface area contributed by atoms with Gasteiger partial charge < -0.3 is 4.98 Å². The van der Waals surface area contributed by atoms with Crippen molar-refractivity contribution in [3.8, 4) is 0 Å². The van der Waals surface area contributed by atoms with Gasteiger partial charge in [0.2, 0.25) is 5.65 Å². The van der Waals surface area contributed by atoms with Crippen molar-refractivity contribution in [3.63, 3.8) is 0 Å². The number of hydrogen-bond donors (Lipinski definition) is 1. The highest BCUT2D eigenvalue weighted by atomic mass is 16.1. The zero-order valence-corrected chi connectivity index (χ0v) is 4.98. The lowest BCUT2D eigenvalue weighted by Crippen LogP contribution is -2.08. The van der Waals surface area contributed by atoms with Crippen LogP contribution in [0.3, 0.4) is 0 Å². The molecule has 0 aliphatic heterocycles. The third-order valence-electron chi connectivity index (χ3n) is 1.21. The topological polar surface area (TPSA) is 63.0 Å². The third kappa shape index (κ3) is 0.540. The van der Waals surface area contributed by atoms with Crippen molar-refractivity contribution in [2.75, 3.05) is 0 Å². The van der Waals surface area contributed by atoms with Crippen LogP contribution in [0.5, 0.6) is 0 Å². The predicted molar refractivity (Wildman–Crippen MR) is 33.6 cm³/mol. The van der Waals surface area contributed by atoms with Gasteiger partial charge in [0, 0.05) is 12.4 Å². The second-order valence-electron chi connectivity index (χ2n) is 1.82. The lowest BCUT2D eigenvalue weighted by Gasteiger charge is -1.85. The Morgan fingerprint density at radius 1 is 1.60 bits per heavy atom. The fourth-order valence-corrected chi connectivity index (χ4v) is 0.770. The summed E-state index contributed by atoms with van der Waals surface area (Å²) in [5.74, 6) is 0. The monoisotopic (exact) mass is 136 g/mol. The van der Waals surface area contributed by atoms with Crippen molar-refractivity contribution >= 4 is 5.65 Å². The zero-order valence-electron chi connectivity index (χ0n) is 4.98. The molecule has 0 unspecified atom stereocenters. The molecule has 0 radical (unpaired) electrons. The Hall–Kier alpha value is -1.65. The first kappa shape index (κ1) is 5.16. The number of fused-ring (bicyclic) bond motifs is 1. The molecule has 2 aromatic heterocycles. The van der Waals surface area contributed by atoms with Gasteiger partial charge in [-0.2, -0.15) is 5.10 Å². The van der Waals surface area contributed by atoms with Gasteiger partial charge in [-0.25, -0.2) is 9.50 Å².